The summed E-state index contributed by atoms with van der Waals surface area (Å²) < 4.78 is 43.8. The van der Waals surface area contributed by atoms with Gasteiger partial charge in [-0.3, -0.25) is 0 Å². The van der Waals surface area contributed by atoms with E-state index >= 15 is 0 Å². The summed E-state index contributed by atoms with van der Waals surface area (Å²) in [7, 11) is 0. The number of hydrogen-bond acceptors (Lipinski definition) is 5. The topological polar surface area (TPSA) is 55.6 Å². The van der Waals surface area contributed by atoms with Gasteiger partial charge in [0.25, 0.3) is 0 Å². The highest BCUT2D eigenvalue weighted by Crippen LogP contribution is 2.30. The fourth-order valence-corrected chi connectivity index (χ4v) is 3.17. The molecule has 1 N–H and O–H groups in total. The Hall–Kier alpha value is -1.64. The van der Waals surface area contributed by atoms with Gasteiger partial charge in [-0.1, -0.05) is 6.92 Å². The van der Waals surface area contributed by atoms with Gasteiger partial charge in [-0.05, 0) is 12.3 Å². The largest absolute Gasteiger partial charge is 0.434 e. The van der Waals surface area contributed by atoms with Crippen molar-refractivity contribution in [1.29, 1.82) is 0 Å². The molecule has 2 aromatic rings. The minimum atomic E-state index is -4.37. The van der Waals surface area contributed by atoms with E-state index in [0.29, 0.717) is 25.3 Å². The Morgan fingerprint density at radius 2 is 2.23 bits per heavy atom. The third-order valence-electron chi connectivity index (χ3n) is 3.71. The zero-order valence-corrected chi connectivity index (χ0v) is 12.8. The zero-order valence-electron chi connectivity index (χ0n) is 12.0. The number of imidazole rings is 1. The smallest absolute Gasteiger partial charge is 0.360 e. The molecule has 3 heterocycles. The summed E-state index contributed by atoms with van der Waals surface area (Å²) in [5, 5.41) is 3.99. The normalized spacial score (nSPS) is 18.3. The number of anilines is 1. The summed E-state index contributed by atoms with van der Waals surface area (Å²) in [4.78, 5) is 8.01. The van der Waals surface area contributed by atoms with Crippen LogP contribution in [-0.4, -0.2) is 25.5 Å². The molecule has 1 atom stereocenters. The van der Waals surface area contributed by atoms with Gasteiger partial charge in [0.05, 0.1) is 0 Å². The van der Waals surface area contributed by atoms with Gasteiger partial charge in [-0.25, -0.2) is 9.97 Å². The van der Waals surface area contributed by atoms with E-state index in [1.165, 1.54) is 11.5 Å². The first kappa shape index (κ1) is 15.3. The molecule has 0 saturated heterocycles. The molecule has 0 saturated carbocycles. The average Bonchev–Trinajstić information content (AvgIpc) is 3.10. The summed E-state index contributed by atoms with van der Waals surface area (Å²) in [6.07, 6.45) is -1.08. The second-order valence-electron chi connectivity index (χ2n) is 5.35. The van der Waals surface area contributed by atoms with Crippen LogP contribution >= 0.6 is 11.5 Å². The van der Waals surface area contributed by atoms with Gasteiger partial charge in [0.1, 0.15) is 11.6 Å². The summed E-state index contributed by atoms with van der Waals surface area (Å²) >= 11 is 1.32. The van der Waals surface area contributed by atoms with E-state index in [1.54, 1.807) is 4.57 Å². The van der Waals surface area contributed by atoms with Crippen LogP contribution in [0.2, 0.25) is 0 Å². The SMILES string of the molecule is CCc1nsc(NC[C@@H]2CCc3nc(C(F)(F)F)cn3C2)n1. The molecule has 120 valence electrons. The molecule has 1 aliphatic heterocycles. The quantitative estimate of drug-likeness (QED) is 0.936. The Bertz CT molecular complexity index is 648. The minimum absolute atomic E-state index is 0.261. The maximum absolute atomic E-state index is 12.7. The first-order valence-electron chi connectivity index (χ1n) is 7.15. The van der Waals surface area contributed by atoms with Crippen molar-refractivity contribution in [2.75, 3.05) is 11.9 Å². The van der Waals surface area contributed by atoms with Gasteiger partial charge in [-0.15, -0.1) is 0 Å². The zero-order chi connectivity index (χ0) is 15.7. The summed E-state index contributed by atoms with van der Waals surface area (Å²) in [6, 6.07) is 0. The van der Waals surface area contributed by atoms with Crippen LogP contribution in [0.1, 0.15) is 30.7 Å². The van der Waals surface area contributed by atoms with Crippen LogP contribution < -0.4 is 5.32 Å². The van der Waals surface area contributed by atoms with Crippen molar-refractivity contribution in [3.63, 3.8) is 0 Å². The molecule has 0 amide bonds. The highest BCUT2D eigenvalue weighted by Gasteiger charge is 2.35. The van der Waals surface area contributed by atoms with Crippen molar-refractivity contribution in [3.8, 4) is 0 Å². The van der Waals surface area contributed by atoms with Crippen LogP contribution in [0.15, 0.2) is 6.20 Å². The number of nitrogens with one attached hydrogen (secondary N) is 1. The van der Waals surface area contributed by atoms with E-state index in [9.17, 15) is 13.2 Å². The molecule has 0 aliphatic carbocycles. The lowest BCUT2D eigenvalue weighted by Crippen LogP contribution is -2.25. The number of fused-ring (bicyclic) bond motifs is 1. The maximum Gasteiger partial charge on any atom is 0.434 e. The van der Waals surface area contributed by atoms with Gasteiger partial charge in [0, 0.05) is 43.7 Å². The Kier molecular flexibility index (Phi) is 4.07. The molecule has 2 aromatic heterocycles. The molecule has 0 aromatic carbocycles. The number of aryl methyl sites for hydroxylation is 2. The summed E-state index contributed by atoms with van der Waals surface area (Å²) in [6.45, 7) is 3.22. The number of hydrogen-bond donors (Lipinski definition) is 1. The second-order valence-corrected chi connectivity index (χ2v) is 6.10. The summed E-state index contributed by atoms with van der Waals surface area (Å²) in [5.74, 6) is 1.59. The molecule has 3 rings (SSSR count). The molecule has 1 aliphatic rings. The fourth-order valence-electron chi connectivity index (χ4n) is 2.52. The van der Waals surface area contributed by atoms with Crippen LogP contribution in [0, 0.1) is 5.92 Å². The molecule has 0 spiro atoms. The van der Waals surface area contributed by atoms with Gasteiger partial charge < -0.3 is 9.88 Å². The molecule has 0 radical (unpaired) electrons. The predicted octanol–water partition coefficient (Wildman–Crippen LogP) is 2.99. The molecular formula is C13H16F3N5S. The van der Waals surface area contributed by atoms with Crippen molar-refractivity contribution in [2.45, 2.75) is 38.9 Å². The van der Waals surface area contributed by atoms with Crippen LogP contribution in [-0.2, 0) is 25.6 Å². The number of rotatable bonds is 4. The standard InChI is InChI=1S/C13H16F3N5S/c1-2-10-19-12(22-20-10)17-5-8-3-4-11-18-9(13(14,15)16)7-21(11)6-8/h7-8H,2-6H2,1H3,(H,17,19,20)/t8-/m0/s1. The van der Waals surface area contributed by atoms with Crippen LogP contribution in [0.3, 0.4) is 0 Å². The second kappa shape index (κ2) is 5.86. The molecule has 0 unspecified atom stereocenters. The molecule has 0 fully saturated rings. The van der Waals surface area contributed by atoms with Crippen molar-refractivity contribution in [1.82, 2.24) is 18.9 Å². The van der Waals surface area contributed by atoms with E-state index in [1.807, 2.05) is 6.92 Å². The average molecular weight is 331 g/mol. The maximum atomic E-state index is 12.7. The number of nitrogens with zero attached hydrogens (tertiary/aromatic N) is 4. The fraction of sp³-hybridized carbons (Fsp3) is 0.615. The Morgan fingerprint density at radius 3 is 2.91 bits per heavy atom. The minimum Gasteiger partial charge on any atom is -0.360 e. The van der Waals surface area contributed by atoms with Crippen LogP contribution in [0.25, 0.3) is 0 Å². The number of aromatic nitrogens is 4. The predicted molar refractivity (Wildman–Crippen MR) is 76.8 cm³/mol. The third kappa shape index (κ3) is 3.23. The Labute approximate surface area is 129 Å². The third-order valence-corrected chi connectivity index (χ3v) is 4.42. The first-order chi connectivity index (χ1) is 10.5. The van der Waals surface area contributed by atoms with Gasteiger partial charge in [-0.2, -0.15) is 17.5 Å². The van der Waals surface area contributed by atoms with Gasteiger partial charge >= 0.3 is 6.18 Å². The van der Waals surface area contributed by atoms with E-state index in [-0.39, 0.29) is 5.92 Å². The summed E-state index contributed by atoms with van der Waals surface area (Å²) in [5.41, 5.74) is -0.798. The Balaban J connectivity index is 1.60. The van der Waals surface area contributed by atoms with E-state index in [0.717, 1.165) is 30.0 Å². The van der Waals surface area contributed by atoms with Crippen molar-refractivity contribution in [2.24, 2.45) is 5.92 Å². The van der Waals surface area contributed by atoms with Crippen molar-refractivity contribution < 1.29 is 13.2 Å². The van der Waals surface area contributed by atoms with Gasteiger partial charge in [0.2, 0.25) is 5.13 Å². The molecular weight excluding hydrogens is 315 g/mol. The van der Waals surface area contributed by atoms with E-state index in [2.05, 4.69) is 19.7 Å². The van der Waals surface area contributed by atoms with E-state index < -0.39 is 11.9 Å². The Morgan fingerprint density at radius 1 is 1.41 bits per heavy atom. The van der Waals surface area contributed by atoms with Crippen molar-refractivity contribution in [3.05, 3.63) is 23.5 Å². The lowest BCUT2D eigenvalue weighted by molar-refractivity contribution is -0.141. The number of alkyl halides is 3. The number of halogens is 3. The lowest BCUT2D eigenvalue weighted by atomic mass is 9.99. The van der Waals surface area contributed by atoms with Gasteiger partial charge in [0.15, 0.2) is 5.69 Å². The van der Waals surface area contributed by atoms with Crippen molar-refractivity contribution >= 4 is 16.7 Å². The van der Waals surface area contributed by atoms with E-state index in [4.69, 9.17) is 0 Å². The highest BCUT2D eigenvalue weighted by molar-refractivity contribution is 7.09. The molecule has 22 heavy (non-hydrogen) atoms. The molecule has 9 heteroatoms. The first-order valence-corrected chi connectivity index (χ1v) is 7.92. The van der Waals surface area contributed by atoms with Crippen LogP contribution in [0.4, 0.5) is 18.3 Å². The molecule has 0 bridgehead atoms. The lowest BCUT2D eigenvalue weighted by Gasteiger charge is -2.23. The van der Waals surface area contributed by atoms with Crippen LogP contribution in [0.5, 0.6) is 0 Å². The highest BCUT2D eigenvalue weighted by atomic mass is 32.1. The monoisotopic (exact) mass is 331 g/mol. The molecule has 5 nitrogen and oxygen atoms in total.